The molecule has 2 aromatic carbocycles. The third-order valence-corrected chi connectivity index (χ3v) is 6.06. The molecule has 210 valence electrons. The summed E-state index contributed by atoms with van der Waals surface area (Å²) in [5.74, 6) is -2.99. The van der Waals surface area contributed by atoms with E-state index in [1.165, 1.54) is 12.1 Å². The van der Waals surface area contributed by atoms with Crippen LogP contribution in [0.15, 0.2) is 48.7 Å². The lowest BCUT2D eigenvalue weighted by molar-refractivity contribution is -0.205. The summed E-state index contributed by atoms with van der Waals surface area (Å²) in [5, 5.41) is 6.99. The summed E-state index contributed by atoms with van der Waals surface area (Å²) < 4.78 is 48.1. The van der Waals surface area contributed by atoms with Crippen molar-refractivity contribution in [2.45, 2.75) is 45.0 Å². The maximum Gasteiger partial charge on any atom is 0.490 e. The molecule has 0 fully saturated rings. The predicted molar refractivity (Wildman–Crippen MR) is 139 cm³/mol. The van der Waals surface area contributed by atoms with E-state index in [2.05, 4.69) is 15.6 Å². The van der Waals surface area contributed by atoms with Crippen LogP contribution in [-0.4, -0.2) is 54.7 Å². The fraction of sp³-hybridized carbons (Fsp3) is 0.370. The van der Waals surface area contributed by atoms with E-state index in [0.717, 1.165) is 16.5 Å². The van der Waals surface area contributed by atoms with E-state index in [9.17, 15) is 27.6 Å². The Morgan fingerprint density at radius 3 is 2.59 bits per heavy atom. The number of carbonyl (C=O) groups excluding carboxylic acids is 3. The summed E-state index contributed by atoms with van der Waals surface area (Å²) in [6.07, 6.45) is -3.95. The number of amides is 1. The molecule has 0 radical (unpaired) electrons. The van der Waals surface area contributed by atoms with Crippen LogP contribution < -0.4 is 10.6 Å². The summed E-state index contributed by atoms with van der Waals surface area (Å²) in [4.78, 5) is 38.5. The molecule has 39 heavy (non-hydrogen) atoms. The smallest absolute Gasteiger partial charge is 0.466 e. The summed E-state index contributed by atoms with van der Waals surface area (Å²) >= 11 is 5.98. The number of hydrogen-bond acceptors (Lipinski definition) is 6. The first-order valence-electron chi connectivity index (χ1n) is 12.3. The van der Waals surface area contributed by atoms with Crippen LogP contribution in [0.5, 0.6) is 0 Å². The molecular formula is C27H29ClF3N3O5. The van der Waals surface area contributed by atoms with Crippen molar-refractivity contribution in [3.8, 4) is 0 Å². The Hall–Kier alpha value is -3.57. The fourth-order valence-electron chi connectivity index (χ4n) is 3.95. The summed E-state index contributed by atoms with van der Waals surface area (Å²) in [6.45, 7) is 3.93. The van der Waals surface area contributed by atoms with Gasteiger partial charge in [0.05, 0.1) is 13.0 Å². The van der Waals surface area contributed by atoms with Crippen LogP contribution in [0.4, 0.5) is 13.2 Å². The summed E-state index contributed by atoms with van der Waals surface area (Å²) in [7, 11) is 0. The van der Waals surface area contributed by atoms with Gasteiger partial charge in [-0.05, 0) is 55.7 Å². The lowest BCUT2D eigenvalue weighted by Gasteiger charge is -2.22. The molecular weight excluding hydrogens is 539 g/mol. The average Bonchev–Trinajstić information content (AvgIpc) is 3.27. The topological polar surface area (TPSA) is 110 Å². The first-order chi connectivity index (χ1) is 18.5. The molecule has 3 aromatic rings. The number of halogens is 4. The zero-order valence-corrected chi connectivity index (χ0v) is 22.1. The Bertz CT molecular complexity index is 1310. The van der Waals surface area contributed by atoms with Gasteiger partial charge in [0, 0.05) is 46.8 Å². The second kappa shape index (κ2) is 13.5. The van der Waals surface area contributed by atoms with Gasteiger partial charge in [-0.3, -0.25) is 9.59 Å². The van der Waals surface area contributed by atoms with Gasteiger partial charge < -0.3 is 25.1 Å². The molecule has 1 heterocycles. The normalized spacial score (nSPS) is 13.1. The SMILES string of the molecule is CCOC(=O)CCNC(=O)c1ccc2c(C[C@@H](C)NC[C@H](OC(=O)C(F)(F)F)c3cccc(Cl)c3)c[nH]c2c1. The van der Waals surface area contributed by atoms with Gasteiger partial charge in [0.1, 0.15) is 6.10 Å². The van der Waals surface area contributed by atoms with E-state index in [0.29, 0.717) is 22.6 Å². The van der Waals surface area contributed by atoms with E-state index in [1.807, 2.05) is 6.92 Å². The Kier molecular flexibility index (Phi) is 10.4. The Morgan fingerprint density at radius 1 is 1.13 bits per heavy atom. The first-order valence-corrected chi connectivity index (χ1v) is 12.7. The van der Waals surface area contributed by atoms with Crippen molar-refractivity contribution in [2.75, 3.05) is 19.7 Å². The van der Waals surface area contributed by atoms with E-state index >= 15 is 0 Å². The zero-order valence-electron chi connectivity index (χ0n) is 21.4. The second-order valence-corrected chi connectivity index (χ2v) is 9.28. The molecule has 0 unspecified atom stereocenters. The standard InChI is InChI=1S/C27H29ClF3N3O5/c1-3-38-24(35)9-10-32-25(36)18-7-8-21-19(14-34-22(21)13-18)11-16(2)33-15-23(39-26(37)27(29,30)31)17-5-4-6-20(28)12-17/h4-8,12-14,16,23,33-34H,3,9-11,15H2,1-2H3,(H,32,36)/t16-,23+/m1/s1. The van der Waals surface area contributed by atoms with Crippen LogP contribution in [0.2, 0.25) is 5.02 Å². The van der Waals surface area contributed by atoms with Crippen molar-refractivity contribution in [2.24, 2.45) is 0 Å². The maximum atomic E-state index is 12.8. The second-order valence-electron chi connectivity index (χ2n) is 8.85. The van der Waals surface area contributed by atoms with E-state index in [-0.39, 0.29) is 44.0 Å². The Balaban J connectivity index is 1.62. The van der Waals surface area contributed by atoms with Crippen LogP contribution >= 0.6 is 11.6 Å². The maximum absolute atomic E-state index is 12.8. The molecule has 0 aliphatic heterocycles. The molecule has 3 N–H and O–H groups in total. The third-order valence-electron chi connectivity index (χ3n) is 5.83. The van der Waals surface area contributed by atoms with E-state index < -0.39 is 18.2 Å². The van der Waals surface area contributed by atoms with Crippen molar-refractivity contribution >= 4 is 40.3 Å². The van der Waals surface area contributed by atoms with Crippen molar-refractivity contribution < 1.29 is 37.0 Å². The van der Waals surface area contributed by atoms with Crippen LogP contribution in [0.25, 0.3) is 10.9 Å². The van der Waals surface area contributed by atoms with Crippen molar-refractivity contribution in [3.05, 3.63) is 70.4 Å². The number of carbonyl (C=O) groups is 3. The molecule has 0 spiro atoms. The summed E-state index contributed by atoms with van der Waals surface area (Å²) in [6, 6.07) is 11.1. The molecule has 0 aliphatic rings. The molecule has 0 saturated carbocycles. The number of nitrogens with one attached hydrogen (secondary N) is 3. The van der Waals surface area contributed by atoms with Crippen LogP contribution in [0.1, 0.15) is 47.9 Å². The highest BCUT2D eigenvalue weighted by Crippen LogP contribution is 2.26. The van der Waals surface area contributed by atoms with Gasteiger partial charge in [0.15, 0.2) is 0 Å². The highest BCUT2D eigenvalue weighted by Gasteiger charge is 2.42. The highest BCUT2D eigenvalue weighted by molar-refractivity contribution is 6.30. The number of aromatic amines is 1. The molecule has 3 rings (SSSR count). The Labute approximate surface area is 228 Å². The monoisotopic (exact) mass is 567 g/mol. The van der Waals surface area contributed by atoms with Gasteiger partial charge in [-0.25, -0.2) is 4.79 Å². The van der Waals surface area contributed by atoms with E-state index in [1.54, 1.807) is 43.5 Å². The minimum Gasteiger partial charge on any atom is -0.466 e. The number of fused-ring (bicyclic) bond motifs is 1. The number of hydrogen-bond donors (Lipinski definition) is 3. The van der Waals surface area contributed by atoms with Gasteiger partial charge >= 0.3 is 18.1 Å². The van der Waals surface area contributed by atoms with Crippen molar-refractivity contribution in [3.63, 3.8) is 0 Å². The van der Waals surface area contributed by atoms with Gasteiger partial charge in [-0.15, -0.1) is 0 Å². The lowest BCUT2D eigenvalue weighted by Crippen LogP contribution is -2.35. The number of esters is 2. The van der Waals surface area contributed by atoms with Gasteiger partial charge in [-0.1, -0.05) is 29.8 Å². The summed E-state index contributed by atoms with van der Waals surface area (Å²) in [5.41, 5.74) is 2.40. The lowest BCUT2D eigenvalue weighted by atomic mass is 10.0. The van der Waals surface area contributed by atoms with E-state index in [4.69, 9.17) is 21.1 Å². The molecule has 0 aliphatic carbocycles. The number of H-pyrrole nitrogens is 1. The minimum atomic E-state index is -5.12. The van der Waals surface area contributed by atoms with Crippen LogP contribution in [0, 0.1) is 0 Å². The molecule has 1 aromatic heterocycles. The van der Waals surface area contributed by atoms with Crippen LogP contribution in [-0.2, 0) is 25.5 Å². The number of aromatic nitrogens is 1. The number of benzene rings is 2. The van der Waals surface area contributed by atoms with Gasteiger partial charge in [0.25, 0.3) is 5.91 Å². The number of ether oxygens (including phenoxy) is 2. The Morgan fingerprint density at radius 2 is 1.90 bits per heavy atom. The van der Waals surface area contributed by atoms with Gasteiger partial charge in [0.2, 0.25) is 0 Å². The molecule has 8 nitrogen and oxygen atoms in total. The van der Waals surface area contributed by atoms with Crippen molar-refractivity contribution in [1.29, 1.82) is 0 Å². The fourth-order valence-corrected chi connectivity index (χ4v) is 4.15. The average molecular weight is 568 g/mol. The largest absolute Gasteiger partial charge is 0.490 e. The van der Waals surface area contributed by atoms with Crippen molar-refractivity contribution in [1.82, 2.24) is 15.6 Å². The molecule has 0 bridgehead atoms. The minimum absolute atomic E-state index is 0.0677. The zero-order chi connectivity index (χ0) is 28.6. The van der Waals surface area contributed by atoms with Gasteiger partial charge in [-0.2, -0.15) is 13.2 Å². The van der Waals surface area contributed by atoms with Crippen LogP contribution in [0.3, 0.4) is 0 Å². The molecule has 0 saturated heterocycles. The first kappa shape index (κ1) is 30.0. The highest BCUT2D eigenvalue weighted by atomic mass is 35.5. The molecule has 12 heteroatoms. The number of rotatable bonds is 12. The molecule has 1 amide bonds. The predicted octanol–water partition coefficient (Wildman–Crippen LogP) is 4.87. The third kappa shape index (κ3) is 8.72. The quantitative estimate of drug-likeness (QED) is 0.269. The number of alkyl halides is 3. The molecule has 2 atom stereocenters.